The third kappa shape index (κ3) is 7.45. The summed E-state index contributed by atoms with van der Waals surface area (Å²) in [5, 5.41) is 3.59. The topological polar surface area (TPSA) is 12.0 Å². The average molecular weight is 251 g/mol. The number of hydrogen-bond acceptors (Lipinski definition) is 2. The third-order valence-electron chi connectivity index (χ3n) is 2.85. The normalized spacial score (nSPS) is 12.6. The Morgan fingerprint density at radius 1 is 1.18 bits per heavy atom. The van der Waals surface area contributed by atoms with Gasteiger partial charge in [0, 0.05) is 23.2 Å². The zero-order valence-electron chi connectivity index (χ0n) is 11.1. The summed E-state index contributed by atoms with van der Waals surface area (Å²) >= 11 is 1.93. The second-order valence-corrected chi connectivity index (χ2v) is 5.68. The highest BCUT2D eigenvalue weighted by Gasteiger charge is 2.00. The molecule has 1 nitrogen and oxygen atoms in total. The van der Waals surface area contributed by atoms with Crippen molar-refractivity contribution in [1.29, 1.82) is 0 Å². The van der Waals surface area contributed by atoms with Crippen molar-refractivity contribution >= 4 is 11.8 Å². The molecule has 0 aliphatic heterocycles. The first-order valence-electron chi connectivity index (χ1n) is 6.74. The minimum Gasteiger partial charge on any atom is -0.313 e. The molecule has 1 atom stereocenters. The van der Waals surface area contributed by atoms with Crippen LogP contribution in [-0.2, 0) is 0 Å². The maximum Gasteiger partial charge on any atom is 0.0106 e. The Bertz CT molecular complexity index is 274. The highest BCUT2D eigenvalue weighted by Crippen LogP contribution is 2.15. The largest absolute Gasteiger partial charge is 0.313 e. The molecule has 1 N–H and O–H groups in total. The van der Waals surface area contributed by atoms with E-state index in [0.29, 0.717) is 6.04 Å². The molecule has 1 aromatic rings. The lowest BCUT2D eigenvalue weighted by Crippen LogP contribution is -2.28. The van der Waals surface area contributed by atoms with Gasteiger partial charge in [-0.05, 0) is 25.5 Å². The number of thioether (sulfide) groups is 1. The van der Waals surface area contributed by atoms with Crippen molar-refractivity contribution in [3.63, 3.8) is 0 Å². The number of nitrogens with one attached hydrogen (secondary N) is 1. The van der Waals surface area contributed by atoms with Crippen LogP contribution in [0.1, 0.15) is 39.5 Å². The summed E-state index contributed by atoms with van der Waals surface area (Å²) in [6.07, 6.45) is 5.35. The van der Waals surface area contributed by atoms with E-state index in [2.05, 4.69) is 49.5 Å². The van der Waals surface area contributed by atoms with Crippen molar-refractivity contribution in [2.45, 2.75) is 50.5 Å². The van der Waals surface area contributed by atoms with Crippen molar-refractivity contribution in [2.75, 3.05) is 12.3 Å². The maximum atomic E-state index is 3.59. The van der Waals surface area contributed by atoms with Gasteiger partial charge in [0.1, 0.15) is 0 Å². The van der Waals surface area contributed by atoms with Crippen LogP contribution in [0, 0.1) is 0 Å². The van der Waals surface area contributed by atoms with Crippen molar-refractivity contribution in [2.24, 2.45) is 0 Å². The molecule has 0 bridgehead atoms. The number of unbranched alkanes of at least 4 members (excludes halogenated alkanes) is 2. The van der Waals surface area contributed by atoms with E-state index < -0.39 is 0 Å². The first-order valence-corrected chi connectivity index (χ1v) is 7.72. The number of benzene rings is 1. The van der Waals surface area contributed by atoms with E-state index >= 15 is 0 Å². The molecule has 1 rings (SSSR count). The van der Waals surface area contributed by atoms with Gasteiger partial charge in [0.05, 0.1) is 0 Å². The summed E-state index contributed by atoms with van der Waals surface area (Å²) in [7, 11) is 0. The Kier molecular flexibility index (Phi) is 8.20. The average Bonchev–Trinajstić information content (AvgIpc) is 2.36. The molecule has 96 valence electrons. The lowest BCUT2D eigenvalue weighted by molar-refractivity contribution is 0.502. The smallest absolute Gasteiger partial charge is 0.0106 e. The molecule has 0 fully saturated rings. The predicted molar refractivity (Wildman–Crippen MR) is 78.8 cm³/mol. The fourth-order valence-electron chi connectivity index (χ4n) is 1.79. The van der Waals surface area contributed by atoms with Crippen LogP contribution in [0.3, 0.4) is 0 Å². The number of hydrogen-bond donors (Lipinski definition) is 1. The van der Waals surface area contributed by atoms with Gasteiger partial charge < -0.3 is 5.32 Å². The van der Waals surface area contributed by atoms with Crippen LogP contribution in [0.4, 0.5) is 0 Å². The summed E-state index contributed by atoms with van der Waals surface area (Å²) in [4.78, 5) is 1.37. The molecule has 0 saturated heterocycles. The molecule has 2 heteroatoms. The van der Waals surface area contributed by atoms with Crippen LogP contribution in [0.2, 0.25) is 0 Å². The molecule has 0 radical (unpaired) electrons. The molecule has 0 amide bonds. The first-order chi connectivity index (χ1) is 8.33. The summed E-state index contributed by atoms with van der Waals surface area (Å²) < 4.78 is 0. The van der Waals surface area contributed by atoms with Crippen molar-refractivity contribution < 1.29 is 0 Å². The molecule has 0 saturated carbocycles. The van der Waals surface area contributed by atoms with Crippen LogP contribution >= 0.6 is 11.8 Å². The van der Waals surface area contributed by atoms with Crippen molar-refractivity contribution in [3.8, 4) is 0 Å². The molecule has 1 aromatic carbocycles. The molecule has 1 unspecified atom stereocenters. The van der Waals surface area contributed by atoms with Gasteiger partial charge in [-0.3, -0.25) is 0 Å². The minimum atomic E-state index is 0.665. The van der Waals surface area contributed by atoms with Gasteiger partial charge in [0.2, 0.25) is 0 Å². The van der Waals surface area contributed by atoms with Crippen LogP contribution < -0.4 is 5.32 Å². The van der Waals surface area contributed by atoms with Gasteiger partial charge in [-0.25, -0.2) is 0 Å². The van der Waals surface area contributed by atoms with Gasteiger partial charge in [-0.1, -0.05) is 44.4 Å². The Hall–Kier alpha value is -0.470. The Balaban J connectivity index is 2.00. The van der Waals surface area contributed by atoms with Gasteiger partial charge in [-0.15, -0.1) is 11.8 Å². The van der Waals surface area contributed by atoms with Crippen LogP contribution in [0.15, 0.2) is 35.2 Å². The monoisotopic (exact) mass is 251 g/mol. The molecular formula is C15H25NS. The second kappa shape index (κ2) is 9.55. The highest BCUT2D eigenvalue weighted by molar-refractivity contribution is 7.99. The van der Waals surface area contributed by atoms with E-state index in [1.54, 1.807) is 0 Å². The molecule has 0 spiro atoms. The second-order valence-electron chi connectivity index (χ2n) is 4.51. The number of rotatable bonds is 9. The molecule has 0 heterocycles. The molecule has 0 aromatic heterocycles. The van der Waals surface area contributed by atoms with E-state index in [1.165, 1.54) is 30.6 Å². The highest BCUT2D eigenvalue weighted by atomic mass is 32.2. The quantitative estimate of drug-likeness (QED) is 0.517. The Morgan fingerprint density at radius 2 is 1.94 bits per heavy atom. The lowest BCUT2D eigenvalue weighted by Gasteiger charge is -2.13. The van der Waals surface area contributed by atoms with E-state index in [4.69, 9.17) is 0 Å². The van der Waals surface area contributed by atoms with Gasteiger partial charge in [-0.2, -0.15) is 0 Å². The summed E-state index contributed by atoms with van der Waals surface area (Å²) in [6.45, 7) is 5.66. The Labute approximate surface area is 110 Å². The van der Waals surface area contributed by atoms with Crippen LogP contribution in [0.5, 0.6) is 0 Å². The van der Waals surface area contributed by atoms with Crippen molar-refractivity contribution in [1.82, 2.24) is 5.32 Å². The lowest BCUT2D eigenvalue weighted by atomic mass is 10.1. The molecule has 17 heavy (non-hydrogen) atoms. The summed E-state index contributed by atoms with van der Waals surface area (Å²) in [5.41, 5.74) is 0. The van der Waals surface area contributed by atoms with E-state index in [1.807, 2.05) is 11.8 Å². The van der Waals surface area contributed by atoms with E-state index in [0.717, 1.165) is 12.3 Å². The SMILES string of the molecule is CCCCCC(C)NCCSc1ccccc1. The molecular weight excluding hydrogens is 226 g/mol. The minimum absolute atomic E-state index is 0.665. The van der Waals surface area contributed by atoms with Crippen LogP contribution in [-0.4, -0.2) is 18.3 Å². The van der Waals surface area contributed by atoms with Gasteiger partial charge in [0.15, 0.2) is 0 Å². The molecule has 0 aliphatic carbocycles. The zero-order valence-corrected chi connectivity index (χ0v) is 11.9. The summed E-state index contributed by atoms with van der Waals surface area (Å²) in [5.74, 6) is 1.15. The van der Waals surface area contributed by atoms with Gasteiger partial charge >= 0.3 is 0 Å². The summed E-state index contributed by atoms with van der Waals surface area (Å²) in [6, 6.07) is 11.3. The first kappa shape index (κ1) is 14.6. The fourth-order valence-corrected chi connectivity index (χ4v) is 2.60. The van der Waals surface area contributed by atoms with Crippen LogP contribution in [0.25, 0.3) is 0 Å². The van der Waals surface area contributed by atoms with Crippen molar-refractivity contribution in [3.05, 3.63) is 30.3 Å². The third-order valence-corrected chi connectivity index (χ3v) is 3.86. The fraction of sp³-hybridized carbons (Fsp3) is 0.600. The maximum absolute atomic E-state index is 3.59. The Morgan fingerprint density at radius 3 is 2.65 bits per heavy atom. The standard InChI is InChI=1S/C15H25NS/c1-3-4-6-9-14(2)16-12-13-17-15-10-7-5-8-11-15/h5,7-8,10-11,14,16H,3-4,6,9,12-13H2,1-2H3. The van der Waals surface area contributed by atoms with E-state index in [-0.39, 0.29) is 0 Å². The van der Waals surface area contributed by atoms with E-state index in [9.17, 15) is 0 Å². The van der Waals surface area contributed by atoms with Gasteiger partial charge in [0.25, 0.3) is 0 Å². The zero-order chi connectivity index (χ0) is 12.3. The predicted octanol–water partition coefficient (Wildman–Crippen LogP) is 4.34. The molecule has 0 aliphatic rings.